The van der Waals surface area contributed by atoms with Crippen LogP contribution in [-0.4, -0.2) is 11.6 Å². The average Bonchev–Trinajstić information content (AvgIpc) is 2.70. The summed E-state index contributed by atoms with van der Waals surface area (Å²) < 4.78 is 39.3. The molecule has 0 saturated carbocycles. The topological polar surface area (TPSA) is 41.5 Å². The highest BCUT2D eigenvalue weighted by molar-refractivity contribution is 6.17. The highest BCUT2D eigenvalue weighted by Gasteiger charge is 2.34. The Labute approximate surface area is 142 Å². The van der Waals surface area contributed by atoms with Gasteiger partial charge in [0.2, 0.25) is 5.91 Å². The lowest BCUT2D eigenvalue weighted by Crippen LogP contribution is -2.16. The summed E-state index contributed by atoms with van der Waals surface area (Å²) in [5, 5.41) is 2.49. The smallest absolute Gasteiger partial charge is 0.324 e. The molecule has 25 heavy (non-hydrogen) atoms. The molecule has 0 aliphatic carbocycles. The number of halogens is 3. The Morgan fingerprint density at radius 1 is 1.24 bits per heavy atom. The van der Waals surface area contributed by atoms with E-state index in [-0.39, 0.29) is 23.4 Å². The summed E-state index contributed by atoms with van der Waals surface area (Å²) in [6.45, 7) is 1.36. The van der Waals surface area contributed by atoms with Crippen LogP contribution in [0.1, 0.15) is 28.7 Å². The third-order valence-electron chi connectivity index (χ3n) is 3.90. The lowest BCUT2D eigenvalue weighted by atomic mass is 10.0. The molecule has 2 aromatic rings. The SMILES string of the molecule is C#Cc1ccccc1C1=Nc2cc(C)c(C(F)(F)F)cc2NC(=O)C1. The summed E-state index contributed by atoms with van der Waals surface area (Å²) in [4.78, 5) is 16.6. The number of terminal acetylenes is 1. The number of carbonyl (C=O) groups excluding carboxylic acids is 1. The van der Waals surface area contributed by atoms with E-state index in [2.05, 4.69) is 16.2 Å². The minimum Gasteiger partial charge on any atom is -0.324 e. The van der Waals surface area contributed by atoms with Crippen molar-refractivity contribution in [2.24, 2.45) is 4.99 Å². The van der Waals surface area contributed by atoms with Gasteiger partial charge in [0.05, 0.1) is 29.1 Å². The fourth-order valence-corrected chi connectivity index (χ4v) is 2.74. The number of anilines is 1. The first-order valence-electron chi connectivity index (χ1n) is 7.45. The predicted octanol–water partition coefficient (Wildman–Crippen LogP) is 4.46. The van der Waals surface area contributed by atoms with Gasteiger partial charge in [0.15, 0.2) is 0 Å². The maximum absolute atomic E-state index is 13.1. The van der Waals surface area contributed by atoms with E-state index in [1.807, 2.05) is 0 Å². The molecule has 0 spiro atoms. The van der Waals surface area contributed by atoms with Crippen molar-refractivity contribution in [3.8, 4) is 12.3 Å². The lowest BCUT2D eigenvalue weighted by Gasteiger charge is -2.13. The van der Waals surface area contributed by atoms with Gasteiger partial charge >= 0.3 is 6.18 Å². The number of fused-ring (bicyclic) bond motifs is 1. The van der Waals surface area contributed by atoms with Crippen LogP contribution in [0.2, 0.25) is 0 Å². The number of nitrogens with one attached hydrogen (secondary N) is 1. The van der Waals surface area contributed by atoms with E-state index in [4.69, 9.17) is 6.42 Å². The summed E-state index contributed by atoms with van der Waals surface area (Å²) in [7, 11) is 0. The van der Waals surface area contributed by atoms with Crippen molar-refractivity contribution in [2.75, 3.05) is 5.32 Å². The standard InChI is InChI=1S/C19H13F3N2O/c1-3-12-6-4-5-7-13(12)15-10-18(25)24-17-9-14(19(20,21)22)11(2)8-16(17)23-15/h1,4-9H,10H2,2H3,(H,24,25). The van der Waals surface area contributed by atoms with Crippen molar-refractivity contribution in [1.29, 1.82) is 0 Å². The van der Waals surface area contributed by atoms with Crippen LogP contribution in [0.25, 0.3) is 0 Å². The summed E-state index contributed by atoms with van der Waals surface area (Å²) in [5.74, 6) is 2.09. The molecule has 1 heterocycles. The molecule has 0 fully saturated rings. The lowest BCUT2D eigenvalue weighted by molar-refractivity contribution is -0.138. The number of carbonyl (C=O) groups is 1. The van der Waals surface area contributed by atoms with Crippen LogP contribution in [-0.2, 0) is 11.0 Å². The van der Waals surface area contributed by atoms with Crippen LogP contribution >= 0.6 is 0 Å². The van der Waals surface area contributed by atoms with E-state index in [1.54, 1.807) is 24.3 Å². The molecule has 3 nitrogen and oxygen atoms in total. The number of alkyl halides is 3. The molecule has 1 aliphatic rings. The average molecular weight is 342 g/mol. The zero-order chi connectivity index (χ0) is 18.2. The highest BCUT2D eigenvalue weighted by Crippen LogP contribution is 2.39. The minimum absolute atomic E-state index is 0.0377. The largest absolute Gasteiger partial charge is 0.416 e. The first-order valence-corrected chi connectivity index (χ1v) is 7.45. The van der Waals surface area contributed by atoms with Gasteiger partial charge in [-0.2, -0.15) is 13.2 Å². The molecule has 0 aromatic heterocycles. The van der Waals surface area contributed by atoms with Crippen molar-refractivity contribution in [1.82, 2.24) is 0 Å². The third kappa shape index (κ3) is 3.26. The van der Waals surface area contributed by atoms with Gasteiger partial charge in [-0.1, -0.05) is 24.1 Å². The van der Waals surface area contributed by atoms with E-state index in [9.17, 15) is 18.0 Å². The zero-order valence-electron chi connectivity index (χ0n) is 13.2. The summed E-state index contributed by atoms with van der Waals surface area (Å²) in [5.41, 5.74) is 1.16. The minimum atomic E-state index is -4.50. The summed E-state index contributed by atoms with van der Waals surface area (Å²) in [6, 6.07) is 9.23. The van der Waals surface area contributed by atoms with Gasteiger partial charge in [0.1, 0.15) is 0 Å². The third-order valence-corrected chi connectivity index (χ3v) is 3.90. The van der Waals surface area contributed by atoms with Crippen LogP contribution in [0.15, 0.2) is 41.4 Å². The number of nitrogens with zero attached hydrogens (tertiary/aromatic N) is 1. The predicted molar refractivity (Wildman–Crippen MR) is 90.0 cm³/mol. The highest BCUT2D eigenvalue weighted by atomic mass is 19.4. The van der Waals surface area contributed by atoms with Gasteiger partial charge < -0.3 is 5.32 Å². The number of benzene rings is 2. The maximum Gasteiger partial charge on any atom is 0.416 e. The van der Waals surface area contributed by atoms with E-state index >= 15 is 0 Å². The van der Waals surface area contributed by atoms with Crippen LogP contribution in [0, 0.1) is 19.3 Å². The normalized spacial score (nSPS) is 14.0. The number of hydrogen-bond acceptors (Lipinski definition) is 2. The number of aryl methyl sites for hydroxylation is 1. The van der Waals surface area contributed by atoms with Crippen LogP contribution in [0.5, 0.6) is 0 Å². The fraction of sp³-hybridized carbons (Fsp3) is 0.158. The zero-order valence-corrected chi connectivity index (χ0v) is 13.2. The monoisotopic (exact) mass is 342 g/mol. The Bertz CT molecular complexity index is 937. The Morgan fingerprint density at radius 2 is 1.96 bits per heavy atom. The van der Waals surface area contributed by atoms with Gasteiger partial charge in [0.25, 0.3) is 0 Å². The molecular formula is C19H13F3N2O. The van der Waals surface area contributed by atoms with E-state index < -0.39 is 17.6 Å². The first kappa shape index (κ1) is 16.8. The van der Waals surface area contributed by atoms with Crippen LogP contribution in [0.4, 0.5) is 24.5 Å². The fourth-order valence-electron chi connectivity index (χ4n) is 2.74. The number of rotatable bonds is 1. The van der Waals surface area contributed by atoms with Gasteiger partial charge in [-0.25, -0.2) is 0 Å². The van der Waals surface area contributed by atoms with Gasteiger partial charge in [-0.3, -0.25) is 9.79 Å². The molecule has 0 atom stereocenters. The van der Waals surface area contributed by atoms with Crippen LogP contribution in [0.3, 0.4) is 0 Å². The van der Waals surface area contributed by atoms with E-state index in [1.165, 1.54) is 13.0 Å². The molecule has 2 aromatic carbocycles. The Hall–Kier alpha value is -3.07. The molecule has 126 valence electrons. The molecule has 0 radical (unpaired) electrons. The van der Waals surface area contributed by atoms with E-state index in [0.717, 1.165) is 6.07 Å². The second kappa shape index (κ2) is 6.10. The quantitative estimate of drug-likeness (QED) is 0.764. The molecule has 1 N–H and O–H groups in total. The Kier molecular flexibility index (Phi) is 4.09. The van der Waals surface area contributed by atoms with Crippen LogP contribution < -0.4 is 5.32 Å². The van der Waals surface area contributed by atoms with Gasteiger partial charge in [-0.05, 0) is 30.7 Å². The molecule has 1 amide bonds. The Balaban J connectivity index is 2.18. The molecule has 1 aliphatic heterocycles. The van der Waals surface area contributed by atoms with Crippen molar-refractivity contribution in [2.45, 2.75) is 19.5 Å². The van der Waals surface area contributed by atoms with E-state index in [0.29, 0.717) is 16.8 Å². The second-order valence-corrected chi connectivity index (χ2v) is 5.66. The van der Waals surface area contributed by atoms with Gasteiger partial charge in [0, 0.05) is 11.1 Å². The van der Waals surface area contributed by atoms with Crippen molar-refractivity contribution in [3.05, 3.63) is 58.7 Å². The number of amides is 1. The second-order valence-electron chi connectivity index (χ2n) is 5.66. The number of aliphatic imine (C=N–C) groups is 1. The van der Waals surface area contributed by atoms with Crippen molar-refractivity contribution < 1.29 is 18.0 Å². The molecule has 6 heteroatoms. The Morgan fingerprint density at radius 3 is 2.64 bits per heavy atom. The number of hydrogen-bond donors (Lipinski definition) is 1. The molecule has 0 saturated heterocycles. The molecule has 0 unspecified atom stereocenters. The molecular weight excluding hydrogens is 329 g/mol. The molecule has 3 rings (SSSR count). The molecule has 0 bridgehead atoms. The van der Waals surface area contributed by atoms with Crippen molar-refractivity contribution >= 4 is 23.0 Å². The van der Waals surface area contributed by atoms with Gasteiger partial charge in [-0.15, -0.1) is 6.42 Å². The van der Waals surface area contributed by atoms with Crippen molar-refractivity contribution in [3.63, 3.8) is 0 Å². The summed E-state index contributed by atoms with van der Waals surface area (Å²) in [6.07, 6.45) is 0.910. The first-order chi connectivity index (χ1) is 11.8. The maximum atomic E-state index is 13.1. The summed E-state index contributed by atoms with van der Waals surface area (Å²) >= 11 is 0.